The number of aromatic nitrogens is 2. The summed E-state index contributed by atoms with van der Waals surface area (Å²) in [6, 6.07) is 0.192. The highest BCUT2D eigenvalue weighted by molar-refractivity contribution is 5.92. The summed E-state index contributed by atoms with van der Waals surface area (Å²) in [6.45, 7) is 6.75. The van der Waals surface area contributed by atoms with Gasteiger partial charge in [0.05, 0.1) is 24.9 Å². The van der Waals surface area contributed by atoms with Gasteiger partial charge in [-0.2, -0.15) is 13.2 Å². The van der Waals surface area contributed by atoms with Crippen LogP contribution in [0.1, 0.15) is 42.8 Å². The summed E-state index contributed by atoms with van der Waals surface area (Å²) in [5, 5.41) is 9.04. The Morgan fingerprint density at radius 3 is 3.00 bits per heavy atom. The summed E-state index contributed by atoms with van der Waals surface area (Å²) in [5.74, 6) is -1.40. The van der Waals surface area contributed by atoms with E-state index in [0.29, 0.717) is 19.2 Å². The van der Waals surface area contributed by atoms with Crippen LogP contribution in [-0.2, 0) is 4.74 Å². The SMILES string of the molecule is C=C/C=C\[C@@H](CCCNC(=O)c1cn([C@H]2N=C(N[C@H]3CCOC3)NC=C2C)cn1)C(F)(F)F. The molecule has 0 aromatic carbocycles. The van der Waals surface area contributed by atoms with E-state index in [0.717, 1.165) is 18.1 Å². The topological polar surface area (TPSA) is 92.6 Å². The molecular weight excluding hydrogens is 437 g/mol. The average molecular weight is 467 g/mol. The van der Waals surface area contributed by atoms with Gasteiger partial charge < -0.3 is 25.3 Å². The number of nitrogens with one attached hydrogen (secondary N) is 3. The van der Waals surface area contributed by atoms with Crippen LogP contribution in [0.25, 0.3) is 0 Å². The lowest BCUT2D eigenvalue weighted by Gasteiger charge is -2.24. The van der Waals surface area contributed by atoms with Crippen molar-refractivity contribution in [2.24, 2.45) is 10.9 Å². The van der Waals surface area contributed by atoms with Gasteiger partial charge in [-0.3, -0.25) is 4.79 Å². The molecule has 1 aromatic heterocycles. The van der Waals surface area contributed by atoms with Crippen molar-refractivity contribution in [1.29, 1.82) is 0 Å². The minimum Gasteiger partial charge on any atom is -0.379 e. The number of carbonyl (C=O) groups excluding carboxylic acids is 1. The maximum absolute atomic E-state index is 13.0. The number of imidazole rings is 1. The Balaban J connectivity index is 1.53. The van der Waals surface area contributed by atoms with E-state index in [9.17, 15) is 18.0 Å². The summed E-state index contributed by atoms with van der Waals surface area (Å²) in [5.41, 5.74) is 1.10. The predicted octanol–water partition coefficient (Wildman–Crippen LogP) is 3.05. The molecule has 11 heteroatoms. The standard InChI is InChI=1S/C22H29F3N6O2/c1-3-4-6-16(22(23,24)25)7-5-9-26-20(32)18-12-31(14-28-18)19-15(2)11-27-21(30-19)29-17-8-10-33-13-17/h3-4,6,11-12,14,16-17,19H,1,5,7-10,13H2,2H3,(H,26,32)(H2,27,29,30)/b6-4-/t16-,17-,19+/m0/s1. The van der Waals surface area contributed by atoms with Gasteiger partial charge in [0, 0.05) is 25.5 Å². The Morgan fingerprint density at radius 2 is 2.30 bits per heavy atom. The van der Waals surface area contributed by atoms with Gasteiger partial charge in [-0.1, -0.05) is 24.8 Å². The molecule has 0 unspecified atom stereocenters. The van der Waals surface area contributed by atoms with Crippen molar-refractivity contribution in [3.05, 3.63) is 54.8 Å². The first kappa shape index (κ1) is 24.6. The van der Waals surface area contributed by atoms with E-state index in [4.69, 9.17) is 4.74 Å². The van der Waals surface area contributed by atoms with E-state index in [1.807, 2.05) is 13.1 Å². The number of alkyl halides is 3. The van der Waals surface area contributed by atoms with E-state index >= 15 is 0 Å². The van der Waals surface area contributed by atoms with Crippen LogP contribution in [0.2, 0.25) is 0 Å². The molecule has 1 amide bonds. The second-order valence-electron chi connectivity index (χ2n) is 7.96. The van der Waals surface area contributed by atoms with Crippen LogP contribution < -0.4 is 16.0 Å². The molecule has 33 heavy (non-hydrogen) atoms. The molecule has 2 aliphatic heterocycles. The maximum Gasteiger partial charge on any atom is 0.395 e. The van der Waals surface area contributed by atoms with Crippen molar-refractivity contribution in [2.45, 2.75) is 44.6 Å². The van der Waals surface area contributed by atoms with Crippen molar-refractivity contribution in [3.63, 3.8) is 0 Å². The fraction of sp³-hybridized carbons (Fsp3) is 0.500. The number of nitrogens with zero attached hydrogens (tertiary/aromatic N) is 3. The molecule has 3 heterocycles. The van der Waals surface area contributed by atoms with Crippen LogP contribution in [0.5, 0.6) is 0 Å². The first-order valence-corrected chi connectivity index (χ1v) is 10.8. The van der Waals surface area contributed by atoms with E-state index in [1.54, 1.807) is 10.8 Å². The lowest BCUT2D eigenvalue weighted by Crippen LogP contribution is -2.44. The Labute approximate surface area is 190 Å². The Bertz CT molecular complexity index is 915. The Hall–Kier alpha value is -3.08. The number of allylic oxidation sites excluding steroid dienone is 3. The highest BCUT2D eigenvalue weighted by Gasteiger charge is 2.36. The molecule has 1 saturated heterocycles. The molecule has 3 N–H and O–H groups in total. The molecule has 8 nitrogen and oxygen atoms in total. The van der Waals surface area contributed by atoms with Crippen LogP contribution in [0.15, 0.2) is 54.1 Å². The summed E-state index contributed by atoms with van der Waals surface area (Å²) in [4.78, 5) is 21.2. The molecule has 180 valence electrons. The highest BCUT2D eigenvalue weighted by Crippen LogP contribution is 2.30. The van der Waals surface area contributed by atoms with Gasteiger partial charge in [0.25, 0.3) is 5.91 Å². The smallest absolute Gasteiger partial charge is 0.379 e. The molecule has 0 aliphatic carbocycles. The van der Waals surface area contributed by atoms with Gasteiger partial charge in [0.1, 0.15) is 5.69 Å². The van der Waals surface area contributed by atoms with Crippen LogP contribution >= 0.6 is 0 Å². The van der Waals surface area contributed by atoms with Crippen LogP contribution in [0, 0.1) is 5.92 Å². The second-order valence-corrected chi connectivity index (χ2v) is 7.96. The first-order chi connectivity index (χ1) is 15.8. The number of rotatable bonds is 9. The molecule has 1 aromatic rings. The van der Waals surface area contributed by atoms with Gasteiger partial charge in [0.2, 0.25) is 0 Å². The molecule has 2 aliphatic rings. The number of hydrogen-bond donors (Lipinski definition) is 3. The van der Waals surface area contributed by atoms with Gasteiger partial charge in [0.15, 0.2) is 12.1 Å². The minimum absolute atomic E-state index is 0.113. The van der Waals surface area contributed by atoms with Gasteiger partial charge in [-0.25, -0.2) is 9.98 Å². The molecule has 3 atom stereocenters. The monoisotopic (exact) mass is 466 g/mol. The third kappa shape index (κ3) is 6.95. The number of guanidine groups is 1. The predicted molar refractivity (Wildman–Crippen MR) is 118 cm³/mol. The number of carbonyl (C=O) groups is 1. The fourth-order valence-electron chi connectivity index (χ4n) is 3.52. The van der Waals surface area contributed by atoms with Crippen molar-refractivity contribution in [2.75, 3.05) is 19.8 Å². The van der Waals surface area contributed by atoms with Crippen molar-refractivity contribution in [1.82, 2.24) is 25.5 Å². The van der Waals surface area contributed by atoms with Crippen molar-refractivity contribution >= 4 is 11.9 Å². The zero-order chi connectivity index (χ0) is 23.8. The Kier molecular flexibility index (Phi) is 8.32. The molecule has 0 bridgehead atoms. The third-order valence-electron chi connectivity index (χ3n) is 5.36. The number of ether oxygens (including phenoxy) is 1. The normalized spacial score (nSPS) is 21.8. The number of aliphatic imine (C=N–C) groups is 1. The fourth-order valence-corrected chi connectivity index (χ4v) is 3.52. The molecule has 0 saturated carbocycles. The number of halogens is 3. The van der Waals surface area contributed by atoms with E-state index in [1.165, 1.54) is 18.5 Å². The zero-order valence-electron chi connectivity index (χ0n) is 18.4. The number of amides is 1. The van der Waals surface area contributed by atoms with Crippen LogP contribution in [0.4, 0.5) is 13.2 Å². The lowest BCUT2D eigenvalue weighted by atomic mass is 10.0. The van der Waals surface area contributed by atoms with E-state index < -0.39 is 18.0 Å². The van der Waals surface area contributed by atoms with Gasteiger partial charge >= 0.3 is 6.18 Å². The average Bonchev–Trinajstić information content (AvgIpc) is 3.46. The maximum atomic E-state index is 13.0. The quantitative estimate of drug-likeness (QED) is 0.384. The zero-order valence-corrected chi connectivity index (χ0v) is 18.4. The van der Waals surface area contributed by atoms with E-state index in [2.05, 4.69) is 32.5 Å². The minimum atomic E-state index is -4.33. The molecule has 0 spiro atoms. The van der Waals surface area contributed by atoms with Crippen molar-refractivity contribution < 1.29 is 22.7 Å². The molecular formula is C22H29F3N6O2. The largest absolute Gasteiger partial charge is 0.395 e. The first-order valence-electron chi connectivity index (χ1n) is 10.8. The van der Waals surface area contributed by atoms with Crippen LogP contribution in [0.3, 0.4) is 0 Å². The van der Waals surface area contributed by atoms with Gasteiger partial charge in [-0.05, 0) is 31.8 Å². The number of hydrogen-bond acceptors (Lipinski definition) is 6. The van der Waals surface area contributed by atoms with E-state index in [-0.39, 0.29) is 37.3 Å². The molecule has 1 fully saturated rings. The summed E-state index contributed by atoms with van der Waals surface area (Å²) >= 11 is 0. The van der Waals surface area contributed by atoms with Crippen molar-refractivity contribution in [3.8, 4) is 0 Å². The van der Waals surface area contributed by atoms with Gasteiger partial charge in [-0.15, -0.1) is 0 Å². The third-order valence-corrected chi connectivity index (χ3v) is 5.36. The summed E-state index contributed by atoms with van der Waals surface area (Å²) in [7, 11) is 0. The molecule has 3 rings (SSSR count). The molecule has 0 radical (unpaired) electrons. The lowest BCUT2D eigenvalue weighted by molar-refractivity contribution is -0.162. The van der Waals surface area contributed by atoms with Crippen LogP contribution in [-0.4, -0.2) is 53.4 Å². The summed E-state index contributed by atoms with van der Waals surface area (Å²) in [6.07, 6.45) is 4.86. The second kappa shape index (κ2) is 11.2. The summed E-state index contributed by atoms with van der Waals surface area (Å²) < 4.78 is 46.2. The highest BCUT2D eigenvalue weighted by atomic mass is 19.4. The Morgan fingerprint density at radius 1 is 1.48 bits per heavy atom.